The van der Waals surface area contributed by atoms with Gasteiger partial charge in [0.1, 0.15) is 11.5 Å². The molecule has 3 aromatic carbocycles. The third-order valence-electron chi connectivity index (χ3n) is 5.66. The number of hydrogen-bond acceptors (Lipinski definition) is 7. The number of hydrogen-bond donors (Lipinski definition) is 2. The second-order valence-corrected chi connectivity index (χ2v) is 10.6. The van der Waals surface area contributed by atoms with Crippen molar-refractivity contribution in [2.45, 2.75) is 13.1 Å². The maximum Gasteiger partial charge on any atom is 0.271 e. The molecule has 4 aromatic rings. The van der Waals surface area contributed by atoms with Gasteiger partial charge in [0, 0.05) is 5.56 Å². The Morgan fingerprint density at radius 1 is 0.950 bits per heavy atom. The van der Waals surface area contributed by atoms with Crippen molar-refractivity contribution in [2.24, 2.45) is 5.10 Å². The highest BCUT2D eigenvalue weighted by molar-refractivity contribution is 7.92. The summed E-state index contributed by atoms with van der Waals surface area (Å²) in [5, 5.41) is 6.67. The van der Waals surface area contributed by atoms with Crippen molar-refractivity contribution in [3.8, 4) is 5.75 Å². The van der Waals surface area contributed by atoms with Crippen LogP contribution in [0.1, 0.15) is 27.2 Å². The van der Waals surface area contributed by atoms with E-state index < -0.39 is 15.9 Å². The van der Waals surface area contributed by atoms with Crippen LogP contribution in [0.3, 0.4) is 0 Å². The zero-order chi connectivity index (χ0) is 28.4. The van der Waals surface area contributed by atoms with Gasteiger partial charge >= 0.3 is 0 Å². The van der Waals surface area contributed by atoms with Gasteiger partial charge in [0.15, 0.2) is 6.61 Å². The lowest BCUT2D eigenvalue weighted by Gasteiger charge is -2.22. The molecule has 0 unspecified atom stereocenters. The number of sulfonamides is 1. The molecule has 0 bridgehead atoms. The molecule has 0 aliphatic rings. The van der Waals surface area contributed by atoms with Crippen LogP contribution in [0.25, 0.3) is 0 Å². The van der Waals surface area contributed by atoms with E-state index in [-0.39, 0.29) is 25.6 Å². The minimum atomic E-state index is -3.54. The largest absolute Gasteiger partial charge is 0.484 e. The molecule has 0 fully saturated rings. The van der Waals surface area contributed by atoms with Gasteiger partial charge in [0.2, 0.25) is 10.0 Å². The van der Waals surface area contributed by atoms with Crippen LogP contribution in [0, 0.1) is 0 Å². The van der Waals surface area contributed by atoms with Crippen LogP contribution in [0.5, 0.6) is 5.75 Å². The molecule has 0 aliphatic carbocycles. The summed E-state index contributed by atoms with van der Waals surface area (Å²) in [6.45, 7) is 0.323. The van der Waals surface area contributed by atoms with E-state index >= 15 is 0 Å². The molecule has 10 nitrogen and oxygen atoms in total. The highest BCUT2D eigenvalue weighted by Gasteiger charge is 2.18. The van der Waals surface area contributed by atoms with E-state index in [4.69, 9.17) is 9.15 Å². The summed E-state index contributed by atoms with van der Waals surface area (Å²) < 4.78 is 36.7. The number of rotatable bonds is 12. The number of nitrogens with zero attached hydrogens (tertiary/aromatic N) is 2. The van der Waals surface area contributed by atoms with Gasteiger partial charge in [-0.1, -0.05) is 30.3 Å². The number of carbonyl (C=O) groups excluding carboxylic acids is 2. The van der Waals surface area contributed by atoms with Crippen molar-refractivity contribution in [1.82, 2.24) is 10.7 Å². The second kappa shape index (κ2) is 13.3. The quantitative estimate of drug-likeness (QED) is 0.201. The standard InChI is InChI=1S/C29H28N4O6S/c1-40(36,37)33(20-23-6-3-2-4-7-23)25-13-11-24(12-14-25)29(35)32-31-18-22-9-15-26(16-10-22)39-21-28(34)30-19-27-8-5-17-38-27/h2-18H,19-21H2,1H3,(H,30,34)(H,32,35)/b31-18+. The maximum atomic E-state index is 12.5. The molecule has 0 atom stereocenters. The Morgan fingerprint density at radius 2 is 1.68 bits per heavy atom. The first-order valence-electron chi connectivity index (χ1n) is 12.2. The van der Waals surface area contributed by atoms with Gasteiger partial charge in [-0.2, -0.15) is 5.10 Å². The van der Waals surface area contributed by atoms with Crippen molar-refractivity contribution in [3.05, 3.63) is 120 Å². The van der Waals surface area contributed by atoms with Gasteiger partial charge in [0.25, 0.3) is 11.8 Å². The van der Waals surface area contributed by atoms with Crippen LogP contribution in [0.2, 0.25) is 0 Å². The Hall–Kier alpha value is -4.90. The fourth-order valence-electron chi connectivity index (χ4n) is 3.61. The number of furan rings is 1. The van der Waals surface area contributed by atoms with E-state index in [0.29, 0.717) is 28.3 Å². The molecule has 40 heavy (non-hydrogen) atoms. The molecule has 0 saturated heterocycles. The minimum absolute atomic E-state index is 0.142. The van der Waals surface area contributed by atoms with E-state index in [1.165, 1.54) is 16.8 Å². The average Bonchev–Trinajstić information content (AvgIpc) is 3.48. The predicted molar refractivity (Wildman–Crippen MR) is 151 cm³/mol. The molecule has 11 heteroatoms. The number of carbonyl (C=O) groups is 2. The highest BCUT2D eigenvalue weighted by Crippen LogP contribution is 2.21. The number of anilines is 1. The Kier molecular flexibility index (Phi) is 9.31. The smallest absolute Gasteiger partial charge is 0.271 e. The van der Waals surface area contributed by atoms with Gasteiger partial charge in [-0.3, -0.25) is 13.9 Å². The van der Waals surface area contributed by atoms with Crippen LogP contribution in [-0.2, 0) is 27.9 Å². The molecule has 0 saturated carbocycles. The lowest BCUT2D eigenvalue weighted by atomic mass is 10.2. The van der Waals surface area contributed by atoms with Crippen molar-refractivity contribution in [2.75, 3.05) is 17.2 Å². The van der Waals surface area contributed by atoms with Crippen molar-refractivity contribution in [3.63, 3.8) is 0 Å². The highest BCUT2D eigenvalue weighted by atomic mass is 32.2. The summed E-state index contributed by atoms with van der Waals surface area (Å²) in [4.78, 5) is 24.4. The molecule has 2 amide bonds. The van der Waals surface area contributed by atoms with Crippen molar-refractivity contribution >= 4 is 33.7 Å². The monoisotopic (exact) mass is 560 g/mol. The second-order valence-electron chi connectivity index (χ2n) is 8.72. The maximum absolute atomic E-state index is 12.5. The predicted octanol–water partition coefficient (Wildman–Crippen LogP) is 3.70. The fourth-order valence-corrected chi connectivity index (χ4v) is 4.50. The molecule has 0 spiro atoms. The summed E-state index contributed by atoms with van der Waals surface area (Å²) >= 11 is 0. The molecular formula is C29H28N4O6S. The lowest BCUT2D eigenvalue weighted by Crippen LogP contribution is -2.29. The van der Waals surface area contributed by atoms with E-state index in [0.717, 1.165) is 11.8 Å². The van der Waals surface area contributed by atoms with Gasteiger partial charge < -0.3 is 14.5 Å². The summed E-state index contributed by atoms with van der Waals surface area (Å²) in [5.41, 5.74) is 4.77. The average molecular weight is 561 g/mol. The van der Waals surface area contributed by atoms with Gasteiger partial charge in [0.05, 0.1) is 37.5 Å². The van der Waals surface area contributed by atoms with Gasteiger partial charge in [-0.25, -0.2) is 13.8 Å². The van der Waals surface area contributed by atoms with E-state index in [1.807, 2.05) is 30.3 Å². The molecule has 1 heterocycles. The van der Waals surface area contributed by atoms with Crippen molar-refractivity contribution < 1.29 is 27.2 Å². The van der Waals surface area contributed by atoms with Crippen LogP contribution >= 0.6 is 0 Å². The molecule has 0 aliphatic heterocycles. The number of hydrazone groups is 1. The zero-order valence-corrected chi connectivity index (χ0v) is 22.5. The molecule has 0 radical (unpaired) electrons. The Labute approximate surface area is 232 Å². The first kappa shape index (κ1) is 28.1. The SMILES string of the molecule is CS(=O)(=O)N(Cc1ccccc1)c1ccc(C(=O)N/N=C/c2ccc(OCC(=O)NCc3ccco3)cc2)cc1. The van der Waals surface area contributed by atoms with E-state index in [2.05, 4.69) is 15.8 Å². The van der Waals surface area contributed by atoms with E-state index in [1.54, 1.807) is 60.7 Å². The Balaban J connectivity index is 1.26. The number of benzene rings is 3. The third kappa shape index (κ3) is 8.30. The minimum Gasteiger partial charge on any atom is -0.484 e. The number of ether oxygens (including phenoxy) is 1. The van der Waals surface area contributed by atoms with Gasteiger partial charge in [-0.05, 0) is 71.8 Å². The Morgan fingerprint density at radius 3 is 2.33 bits per heavy atom. The first-order chi connectivity index (χ1) is 19.3. The molecule has 4 rings (SSSR count). The van der Waals surface area contributed by atoms with Gasteiger partial charge in [-0.15, -0.1) is 0 Å². The third-order valence-corrected chi connectivity index (χ3v) is 6.80. The summed E-state index contributed by atoms with van der Waals surface area (Å²) in [6, 6.07) is 25.8. The van der Waals surface area contributed by atoms with Crippen molar-refractivity contribution in [1.29, 1.82) is 0 Å². The van der Waals surface area contributed by atoms with Crippen LogP contribution in [-0.4, -0.2) is 39.3 Å². The zero-order valence-electron chi connectivity index (χ0n) is 21.7. The van der Waals surface area contributed by atoms with Crippen LogP contribution in [0.15, 0.2) is 107 Å². The summed E-state index contributed by atoms with van der Waals surface area (Å²) in [7, 11) is -3.54. The lowest BCUT2D eigenvalue weighted by molar-refractivity contribution is -0.123. The summed E-state index contributed by atoms with van der Waals surface area (Å²) in [6.07, 6.45) is 4.15. The Bertz CT molecular complexity index is 1540. The number of nitrogens with one attached hydrogen (secondary N) is 2. The molecule has 1 aromatic heterocycles. The molecular weight excluding hydrogens is 532 g/mol. The van der Waals surface area contributed by atoms with E-state index in [9.17, 15) is 18.0 Å². The molecule has 206 valence electrons. The first-order valence-corrected chi connectivity index (χ1v) is 14.1. The molecule has 2 N–H and O–H groups in total. The number of amides is 2. The topological polar surface area (TPSA) is 130 Å². The van der Waals surface area contributed by atoms with Crippen LogP contribution in [0.4, 0.5) is 5.69 Å². The van der Waals surface area contributed by atoms with Crippen LogP contribution < -0.4 is 19.8 Å². The summed E-state index contributed by atoms with van der Waals surface area (Å²) in [5.74, 6) is 0.429. The normalized spacial score (nSPS) is 11.2. The fraction of sp³-hybridized carbons (Fsp3) is 0.138.